The molecule has 0 radical (unpaired) electrons. The van der Waals surface area contributed by atoms with Crippen molar-refractivity contribution in [3.05, 3.63) is 35.9 Å². The number of hydrogen-bond donors (Lipinski definition) is 0. The Hall–Kier alpha value is -0.273. The Balaban J connectivity index is 2.09. The zero-order chi connectivity index (χ0) is 18.7. The lowest BCUT2D eigenvalue weighted by Gasteiger charge is -2.49. The first-order chi connectivity index (χ1) is 11.7. The van der Waals surface area contributed by atoms with E-state index in [0.717, 1.165) is 5.56 Å². The molecule has 140 valence electrons. The Kier molecular flexibility index (Phi) is 7.24. The van der Waals surface area contributed by atoms with Gasteiger partial charge in [0.25, 0.3) is 0 Å². The van der Waals surface area contributed by atoms with Crippen LogP contribution in [0.3, 0.4) is 0 Å². The van der Waals surface area contributed by atoms with E-state index in [9.17, 15) is 4.79 Å². The van der Waals surface area contributed by atoms with Gasteiger partial charge in [-0.05, 0) is 25.0 Å². The van der Waals surface area contributed by atoms with Crippen LogP contribution in [0.15, 0.2) is 30.3 Å². The molecular formula is C19H30O3S2Si. The SMILES string of the molecule is CSC(SC)([C@@H]1CC(=O)[C@@H](OCc2ccccc2)[C@H](C)O1)[Si](C)(C)C. The predicted molar refractivity (Wildman–Crippen MR) is 112 cm³/mol. The highest BCUT2D eigenvalue weighted by Gasteiger charge is 2.53. The maximum Gasteiger partial charge on any atom is 0.166 e. The summed E-state index contributed by atoms with van der Waals surface area (Å²) in [6, 6.07) is 9.97. The fourth-order valence-electron chi connectivity index (χ4n) is 3.59. The van der Waals surface area contributed by atoms with Gasteiger partial charge in [-0.15, -0.1) is 23.5 Å². The number of benzene rings is 1. The second-order valence-corrected chi connectivity index (χ2v) is 15.9. The lowest BCUT2D eigenvalue weighted by Crippen LogP contribution is -2.60. The standard InChI is InChI=1S/C19H30O3S2Si/c1-14-18(21-13-15-10-8-7-9-11-15)16(20)12-17(22-14)19(23-2,24-3)25(4,5)6/h7-11,14,17-18H,12-13H2,1-6H3/t14-,17-,18-/m0/s1. The van der Waals surface area contributed by atoms with E-state index in [1.165, 1.54) is 0 Å². The van der Waals surface area contributed by atoms with E-state index >= 15 is 0 Å². The molecule has 1 saturated heterocycles. The van der Waals surface area contributed by atoms with Gasteiger partial charge in [-0.25, -0.2) is 0 Å². The minimum atomic E-state index is -1.57. The fraction of sp³-hybridized carbons (Fsp3) is 0.632. The van der Waals surface area contributed by atoms with Gasteiger partial charge in [-0.2, -0.15) is 0 Å². The molecule has 0 amide bonds. The van der Waals surface area contributed by atoms with Gasteiger partial charge >= 0.3 is 0 Å². The molecule has 2 rings (SSSR count). The summed E-state index contributed by atoms with van der Waals surface area (Å²) >= 11 is 3.71. The number of carbonyl (C=O) groups is 1. The summed E-state index contributed by atoms with van der Waals surface area (Å²) in [5, 5.41) is 0. The molecule has 1 heterocycles. The van der Waals surface area contributed by atoms with E-state index in [0.29, 0.717) is 13.0 Å². The summed E-state index contributed by atoms with van der Waals surface area (Å²) in [5.74, 6) is 0.172. The van der Waals surface area contributed by atoms with Crippen LogP contribution in [0.5, 0.6) is 0 Å². The van der Waals surface area contributed by atoms with Crippen molar-refractivity contribution in [3.8, 4) is 0 Å². The zero-order valence-electron chi connectivity index (χ0n) is 16.1. The molecule has 0 aliphatic carbocycles. The number of carbonyl (C=O) groups excluding carboxylic acids is 1. The van der Waals surface area contributed by atoms with Crippen molar-refractivity contribution < 1.29 is 14.3 Å². The van der Waals surface area contributed by atoms with Gasteiger partial charge in [0.15, 0.2) is 5.78 Å². The number of Topliss-reactive ketones (excluding diaryl/α,β-unsaturated/α-hetero) is 1. The summed E-state index contributed by atoms with van der Waals surface area (Å²) in [6.45, 7) is 9.48. The second kappa shape index (κ2) is 8.61. The number of hydrogen-bond acceptors (Lipinski definition) is 5. The molecule has 1 aromatic rings. The Bertz CT molecular complexity index is 570. The molecule has 25 heavy (non-hydrogen) atoms. The third-order valence-electron chi connectivity index (χ3n) is 4.86. The van der Waals surface area contributed by atoms with Crippen LogP contribution in [0.2, 0.25) is 19.6 Å². The highest BCUT2D eigenvalue weighted by Crippen LogP contribution is 2.48. The fourth-order valence-corrected chi connectivity index (χ4v) is 11.1. The molecule has 0 saturated carbocycles. The van der Waals surface area contributed by atoms with Crippen LogP contribution in [0, 0.1) is 0 Å². The minimum Gasteiger partial charge on any atom is -0.370 e. The summed E-state index contributed by atoms with van der Waals surface area (Å²) in [5.41, 5.74) is 1.08. The number of rotatable bonds is 7. The molecule has 0 N–H and O–H groups in total. The number of ketones is 1. The van der Waals surface area contributed by atoms with Crippen LogP contribution in [0.1, 0.15) is 18.9 Å². The van der Waals surface area contributed by atoms with Crippen LogP contribution < -0.4 is 0 Å². The second-order valence-electron chi connectivity index (χ2n) is 7.54. The van der Waals surface area contributed by atoms with Crippen molar-refractivity contribution in [1.82, 2.24) is 0 Å². The van der Waals surface area contributed by atoms with Crippen molar-refractivity contribution in [3.63, 3.8) is 0 Å². The van der Waals surface area contributed by atoms with Gasteiger partial charge in [0.05, 0.1) is 30.6 Å². The molecule has 6 heteroatoms. The molecule has 1 aromatic carbocycles. The zero-order valence-corrected chi connectivity index (χ0v) is 18.7. The van der Waals surface area contributed by atoms with E-state index in [1.807, 2.05) is 60.8 Å². The Morgan fingerprint density at radius 2 is 1.80 bits per heavy atom. The first kappa shape index (κ1) is 21.0. The van der Waals surface area contributed by atoms with E-state index in [4.69, 9.17) is 9.47 Å². The maximum absolute atomic E-state index is 12.8. The lowest BCUT2D eigenvalue weighted by molar-refractivity contribution is -0.164. The third kappa shape index (κ3) is 4.53. The average molecular weight is 399 g/mol. The predicted octanol–water partition coefficient (Wildman–Crippen LogP) is 4.62. The minimum absolute atomic E-state index is 0.0265. The normalized spacial score (nSPS) is 25.2. The summed E-state index contributed by atoms with van der Waals surface area (Å²) in [7, 11) is -1.57. The van der Waals surface area contributed by atoms with Crippen molar-refractivity contribution in [1.29, 1.82) is 0 Å². The van der Waals surface area contributed by atoms with Gasteiger partial charge in [0.1, 0.15) is 6.10 Å². The Labute approximate surface area is 161 Å². The molecule has 0 unspecified atom stereocenters. The molecule has 0 bridgehead atoms. The van der Waals surface area contributed by atoms with Crippen molar-refractivity contribution in [2.75, 3.05) is 12.5 Å². The summed E-state index contributed by atoms with van der Waals surface area (Å²) < 4.78 is 12.3. The van der Waals surface area contributed by atoms with Crippen molar-refractivity contribution in [2.45, 2.75) is 61.6 Å². The molecule has 3 nitrogen and oxygen atoms in total. The first-order valence-electron chi connectivity index (χ1n) is 8.69. The first-order valence-corrected chi connectivity index (χ1v) is 14.6. The van der Waals surface area contributed by atoms with Crippen LogP contribution in [0.25, 0.3) is 0 Å². The van der Waals surface area contributed by atoms with Crippen molar-refractivity contribution in [2.24, 2.45) is 0 Å². The monoisotopic (exact) mass is 398 g/mol. The molecule has 1 aliphatic heterocycles. The summed E-state index contributed by atoms with van der Waals surface area (Å²) in [6.07, 6.45) is 3.99. The van der Waals surface area contributed by atoms with E-state index in [1.54, 1.807) is 0 Å². The van der Waals surface area contributed by atoms with E-state index in [2.05, 4.69) is 32.2 Å². The van der Waals surface area contributed by atoms with Crippen LogP contribution in [-0.2, 0) is 20.9 Å². The topological polar surface area (TPSA) is 35.5 Å². The number of thioether (sulfide) groups is 2. The van der Waals surface area contributed by atoms with Gasteiger partial charge in [-0.1, -0.05) is 50.0 Å². The molecule has 3 atom stereocenters. The maximum atomic E-state index is 12.8. The third-order valence-corrected chi connectivity index (χ3v) is 14.9. The highest BCUT2D eigenvalue weighted by atomic mass is 32.2. The molecular weight excluding hydrogens is 368 g/mol. The van der Waals surface area contributed by atoms with E-state index < -0.39 is 14.2 Å². The lowest BCUT2D eigenvalue weighted by atomic mass is 10.0. The largest absolute Gasteiger partial charge is 0.370 e. The summed E-state index contributed by atoms with van der Waals surface area (Å²) in [4.78, 5) is 12.8. The molecule has 0 spiro atoms. The van der Waals surface area contributed by atoms with Crippen LogP contribution in [0.4, 0.5) is 0 Å². The van der Waals surface area contributed by atoms with Gasteiger partial charge in [0.2, 0.25) is 0 Å². The Morgan fingerprint density at radius 3 is 2.28 bits per heavy atom. The highest BCUT2D eigenvalue weighted by molar-refractivity contribution is 8.20. The molecule has 1 fully saturated rings. The molecule has 0 aromatic heterocycles. The van der Waals surface area contributed by atoms with Gasteiger partial charge in [-0.3, -0.25) is 4.79 Å². The van der Waals surface area contributed by atoms with Crippen LogP contribution in [-0.4, -0.2) is 48.4 Å². The quantitative estimate of drug-likeness (QED) is 0.495. The molecule has 1 aliphatic rings. The Morgan fingerprint density at radius 1 is 1.20 bits per heavy atom. The van der Waals surface area contributed by atoms with Crippen molar-refractivity contribution >= 4 is 37.4 Å². The average Bonchev–Trinajstić information content (AvgIpc) is 2.55. The van der Waals surface area contributed by atoms with Crippen LogP contribution >= 0.6 is 23.5 Å². The van der Waals surface area contributed by atoms with Gasteiger partial charge in [0, 0.05) is 6.42 Å². The number of ether oxygens (including phenoxy) is 2. The van der Waals surface area contributed by atoms with Gasteiger partial charge < -0.3 is 9.47 Å². The van der Waals surface area contributed by atoms with E-state index in [-0.39, 0.29) is 21.7 Å². The smallest absolute Gasteiger partial charge is 0.166 e.